The van der Waals surface area contributed by atoms with E-state index in [0.717, 1.165) is 16.6 Å². The van der Waals surface area contributed by atoms with Gasteiger partial charge in [-0.3, -0.25) is 0 Å². The van der Waals surface area contributed by atoms with E-state index in [0.29, 0.717) is 12.0 Å². The molecule has 1 aromatic rings. The highest BCUT2D eigenvalue weighted by Gasteiger charge is 2.14. The second-order valence-electron chi connectivity index (χ2n) is 4.42. The van der Waals surface area contributed by atoms with Crippen molar-refractivity contribution >= 4 is 15.9 Å². The molecule has 0 heterocycles. The van der Waals surface area contributed by atoms with Crippen molar-refractivity contribution in [3.05, 3.63) is 28.2 Å². The summed E-state index contributed by atoms with van der Waals surface area (Å²) in [5.41, 5.74) is 1.35. The normalized spacial score (nSPS) is 14.4. The monoisotopic (exact) mass is 299 g/mol. The van der Waals surface area contributed by atoms with Crippen molar-refractivity contribution in [3.63, 3.8) is 0 Å². The smallest absolute Gasteiger partial charge is 0.133 e. The Morgan fingerprint density at radius 2 is 2.12 bits per heavy atom. The average Bonchev–Trinajstić information content (AvgIpc) is 2.35. The molecule has 17 heavy (non-hydrogen) atoms. The minimum absolute atomic E-state index is 0.542. The molecule has 3 heteroatoms. The third-order valence-electron chi connectivity index (χ3n) is 3.40. The van der Waals surface area contributed by atoms with E-state index in [4.69, 9.17) is 4.74 Å². The summed E-state index contributed by atoms with van der Waals surface area (Å²) < 4.78 is 6.27. The van der Waals surface area contributed by atoms with Gasteiger partial charge in [0, 0.05) is 6.04 Å². The summed E-state index contributed by atoms with van der Waals surface area (Å²) in [4.78, 5) is 0. The molecule has 1 aromatic carbocycles. The van der Waals surface area contributed by atoms with E-state index in [2.05, 4.69) is 47.2 Å². The van der Waals surface area contributed by atoms with Crippen LogP contribution in [-0.2, 0) is 6.42 Å². The van der Waals surface area contributed by atoms with Crippen LogP contribution in [0.1, 0.15) is 25.8 Å². The maximum Gasteiger partial charge on any atom is 0.133 e. The predicted octanol–water partition coefficient (Wildman–Crippen LogP) is 3.63. The number of methoxy groups -OCH3 is 1. The maximum absolute atomic E-state index is 5.24. The molecule has 0 aliphatic rings. The Morgan fingerprint density at radius 3 is 2.59 bits per heavy atom. The van der Waals surface area contributed by atoms with Crippen molar-refractivity contribution < 1.29 is 4.74 Å². The summed E-state index contributed by atoms with van der Waals surface area (Å²) in [6, 6.07) is 6.87. The first-order chi connectivity index (χ1) is 8.12. The summed E-state index contributed by atoms with van der Waals surface area (Å²) in [6.45, 7) is 4.49. The molecule has 0 aromatic heterocycles. The summed E-state index contributed by atoms with van der Waals surface area (Å²) in [6.07, 6.45) is 2.28. The van der Waals surface area contributed by atoms with Gasteiger partial charge in [0.2, 0.25) is 0 Å². The van der Waals surface area contributed by atoms with Crippen LogP contribution in [0.3, 0.4) is 0 Å². The Bertz CT molecular complexity index is 354. The second kappa shape index (κ2) is 7.02. The van der Waals surface area contributed by atoms with Gasteiger partial charge in [0.15, 0.2) is 0 Å². The van der Waals surface area contributed by atoms with Gasteiger partial charge in [-0.1, -0.05) is 19.4 Å². The van der Waals surface area contributed by atoms with E-state index in [9.17, 15) is 0 Å². The van der Waals surface area contributed by atoms with Crippen molar-refractivity contribution in [2.24, 2.45) is 5.92 Å². The fourth-order valence-electron chi connectivity index (χ4n) is 2.05. The highest BCUT2D eigenvalue weighted by Crippen LogP contribution is 2.27. The number of benzene rings is 1. The molecule has 96 valence electrons. The second-order valence-corrected chi connectivity index (χ2v) is 5.27. The minimum Gasteiger partial charge on any atom is -0.496 e. The molecule has 0 saturated carbocycles. The molecule has 1 rings (SSSR count). The first kappa shape index (κ1) is 14.5. The van der Waals surface area contributed by atoms with E-state index in [1.807, 2.05) is 13.1 Å². The molecule has 2 atom stereocenters. The van der Waals surface area contributed by atoms with Gasteiger partial charge < -0.3 is 10.1 Å². The number of rotatable bonds is 6. The van der Waals surface area contributed by atoms with Crippen LogP contribution >= 0.6 is 15.9 Å². The van der Waals surface area contributed by atoms with Gasteiger partial charge in [0.25, 0.3) is 0 Å². The number of halogens is 1. The van der Waals surface area contributed by atoms with Crippen LogP contribution in [0.25, 0.3) is 0 Å². The number of hydrogen-bond acceptors (Lipinski definition) is 2. The van der Waals surface area contributed by atoms with Gasteiger partial charge in [-0.15, -0.1) is 0 Å². The van der Waals surface area contributed by atoms with Gasteiger partial charge in [-0.05, 0) is 59.9 Å². The van der Waals surface area contributed by atoms with Crippen LogP contribution in [0.4, 0.5) is 0 Å². The topological polar surface area (TPSA) is 21.3 Å². The third kappa shape index (κ3) is 4.00. The first-order valence-corrected chi connectivity index (χ1v) is 6.91. The first-order valence-electron chi connectivity index (χ1n) is 6.12. The van der Waals surface area contributed by atoms with E-state index < -0.39 is 0 Å². The van der Waals surface area contributed by atoms with Gasteiger partial charge in [-0.2, -0.15) is 0 Å². The molecule has 0 fully saturated rings. The molecular formula is C14H22BrNO. The van der Waals surface area contributed by atoms with Gasteiger partial charge >= 0.3 is 0 Å². The van der Waals surface area contributed by atoms with Crippen molar-refractivity contribution in [1.82, 2.24) is 5.32 Å². The predicted molar refractivity (Wildman–Crippen MR) is 76.7 cm³/mol. The van der Waals surface area contributed by atoms with Crippen molar-refractivity contribution in [2.45, 2.75) is 32.7 Å². The van der Waals surface area contributed by atoms with Gasteiger partial charge in [0.1, 0.15) is 5.75 Å². The zero-order valence-electron chi connectivity index (χ0n) is 11.1. The molecule has 0 aliphatic heterocycles. The highest BCUT2D eigenvalue weighted by molar-refractivity contribution is 9.10. The largest absolute Gasteiger partial charge is 0.496 e. The zero-order valence-corrected chi connectivity index (χ0v) is 12.7. The zero-order chi connectivity index (χ0) is 12.8. The van der Waals surface area contributed by atoms with E-state index in [1.54, 1.807) is 7.11 Å². The van der Waals surface area contributed by atoms with Gasteiger partial charge in [-0.25, -0.2) is 0 Å². The van der Waals surface area contributed by atoms with Crippen molar-refractivity contribution in [3.8, 4) is 5.75 Å². The standard InChI is InChI=1S/C14H22BrNO/c1-5-12(10(2)16-3)8-11-6-7-14(17-4)13(15)9-11/h6-7,9-10,12,16H,5,8H2,1-4H3. The lowest BCUT2D eigenvalue weighted by Crippen LogP contribution is -2.31. The van der Waals surface area contributed by atoms with E-state index in [-0.39, 0.29) is 0 Å². The Hall–Kier alpha value is -0.540. The van der Waals surface area contributed by atoms with Crippen molar-refractivity contribution in [1.29, 1.82) is 0 Å². The Labute approximate surface area is 113 Å². The Kier molecular flexibility index (Phi) is 6.00. The third-order valence-corrected chi connectivity index (χ3v) is 4.02. The fourth-order valence-corrected chi connectivity index (χ4v) is 2.64. The maximum atomic E-state index is 5.24. The molecule has 0 saturated heterocycles. The van der Waals surface area contributed by atoms with Crippen LogP contribution in [0.5, 0.6) is 5.75 Å². The fraction of sp³-hybridized carbons (Fsp3) is 0.571. The van der Waals surface area contributed by atoms with Crippen molar-refractivity contribution in [2.75, 3.05) is 14.2 Å². The molecule has 2 unspecified atom stereocenters. The van der Waals surface area contributed by atoms with Crippen LogP contribution in [0, 0.1) is 5.92 Å². The lowest BCUT2D eigenvalue weighted by Gasteiger charge is -2.22. The van der Waals surface area contributed by atoms with Crippen LogP contribution < -0.4 is 10.1 Å². The van der Waals surface area contributed by atoms with Crippen LogP contribution in [0.2, 0.25) is 0 Å². The number of nitrogens with one attached hydrogen (secondary N) is 1. The average molecular weight is 300 g/mol. The highest BCUT2D eigenvalue weighted by atomic mass is 79.9. The quantitative estimate of drug-likeness (QED) is 0.866. The molecule has 0 radical (unpaired) electrons. The number of hydrogen-bond donors (Lipinski definition) is 1. The molecule has 0 amide bonds. The minimum atomic E-state index is 0.542. The molecule has 1 N–H and O–H groups in total. The Balaban J connectivity index is 2.76. The lowest BCUT2D eigenvalue weighted by atomic mass is 9.91. The molecule has 0 aliphatic carbocycles. The van der Waals surface area contributed by atoms with Crippen LogP contribution in [0.15, 0.2) is 22.7 Å². The Morgan fingerprint density at radius 1 is 1.41 bits per heavy atom. The summed E-state index contributed by atoms with van der Waals surface area (Å²) >= 11 is 3.53. The molecule has 2 nitrogen and oxygen atoms in total. The summed E-state index contributed by atoms with van der Waals surface area (Å²) in [7, 11) is 3.72. The lowest BCUT2D eigenvalue weighted by molar-refractivity contribution is 0.380. The van der Waals surface area contributed by atoms with Crippen LogP contribution in [-0.4, -0.2) is 20.2 Å². The molecular weight excluding hydrogens is 278 g/mol. The van der Waals surface area contributed by atoms with Gasteiger partial charge in [0.05, 0.1) is 11.6 Å². The summed E-state index contributed by atoms with van der Waals surface area (Å²) in [5, 5.41) is 3.34. The van der Waals surface area contributed by atoms with E-state index in [1.165, 1.54) is 12.0 Å². The SMILES string of the molecule is CCC(Cc1ccc(OC)c(Br)c1)C(C)NC. The summed E-state index contributed by atoms with van der Waals surface area (Å²) in [5.74, 6) is 1.56. The van der Waals surface area contributed by atoms with E-state index >= 15 is 0 Å². The number of ether oxygens (including phenoxy) is 1. The molecule has 0 spiro atoms. The molecule has 0 bridgehead atoms.